The van der Waals surface area contributed by atoms with Gasteiger partial charge in [-0.1, -0.05) is 12.1 Å². The maximum atomic E-state index is 10.8. The second-order valence-electron chi connectivity index (χ2n) is 3.81. The van der Waals surface area contributed by atoms with Crippen LogP contribution in [0.3, 0.4) is 0 Å². The number of nitro groups is 1. The van der Waals surface area contributed by atoms with Crippen LogP contribution in [0.2, 0.25) is 0 Å². The molecule has 1 aromatic carbocycles. The number of hydrogen-bond donors (Lipinski definition) is 1. The fraction of sp³-hybridized carbons (Fsp3) is 0.455. The van der Waals surface area contributed by atoms with Gasteiger partial charge in [0.1, 0.15) is 4.90 Å². The van der Waals surface area contributed by atoms with Gasteiger partial charge in [-0.05, 0) is 30.9 Å². The highest BCUT2D eigenvalue weighted by molar-refractivity contribution is 7.97. The van der Waals surface area contributed by atoms with E-state index in [4.69, 9.17) is 4.74 Å². The first-order valence-corrected chi connectivity index (χ1v) is 6.34. The van der Waals surface area contributed by atoms with Gasteiger partial charge in [-0.15, -0.1) is 0 Å². The van der Waals surface area contributed by atoms with Crippen LogP contribution in [0.4, 0.5) is 5.69 Å². The van der Waals surface area contributed by atoms with Gasteiger partial charge >= 0.3 is 0 Å². The highest BCUT2D eigenvalue weighted by atomic mass is 32.2. The second-order valence-corrected chi connectivity index (χ2v) is 4.74. The molecule has 1 saturated heterocycles. The van der Waals surface area contributed by atoms with Crippen LogP contribution in [-0.4, -0.2) is 24.2 Å². The summed E-state index contributed by atoms with van der Waals surface area (Å²) in [5.41, 5.74) is 0.136. The average Bonchev–Trinajstić information content (AvgIpc) is 2.82. The van der Waals surface area contributed by atoms with E-state index >= 15 is 0 Å². The van der Waals surface area contributed by atoms with E-state index in [-0.39, 0.29) is 16.7 Å². The molecule has 1 aliphatic rings. The van der Waals surface area contributed by atoms with Crippen molar-refractivity contribution in [1.29, 1.82) is 0 Å². The zero-order valence-corrected chi connectivity index (χ0v) is 10.1. The van der Waals surface area contributed by atoms with Gasteiger partial charge in [-0.2, -0.15) is 0 Å². The van der Waals surface area contributed by atoms with Gasteiger partial charge in [0.15, 0.2) is 0 Å². The molecular weight excluding hydrogens is 240 g/mol. The average molecular weight is 254 g/mol. The third-order valence-electron chi connectivity index (χ3n) is 2.58. The first-order valence-electron chi connectivity index (χ1n) is 5.52. The Morgan fingerprint density at radius 2 is 2.35 bits per heavy atom. The molecule has 0 spiro atoms. The van der Waals surface area contributed by atoms with Crippen molar-refractivity contribution < 1.29 is 9.66 Å². The van der Waals surface area contributed by atoms with Crippen molar-refractivity contribution in [3.05, 3.63) is 34.4 Å². The lowest BCUT2D eigenvalue weighted by Crippen LogP contribution is -2.21. The zero-order valence-electron chi connectivity index (χ0n) is 9.30. The van der Waals surface area contributed by atoms with Crippen LogP contribution in [0.25, 0.3) is 0 Å². The standard InChI is InChI=1S/C11H14N2O3S/c14-13(15)10-5-1-2-6-11(10)17-12-8-9-4-3-7-16-9/h1-2,5-6,9,12H,3-4,7-8H2. The number of nitrogens with zero attached hydrogens (tertiary/aromatic N) is 1. The predicted molar refractivity (Wildman–Crippen MR) is 65.9 cm³/mol. The van der Waals surface area contributed by atoms with Crippen molar-refractivity contribution in [2.24, 2.45) is 0 Å². The van der Waals surface area contributed by atoms with E-state index in [1.165, 1.54) is 18.0 Å². The summed E-state index contributed by atoms with van der Waals surface area (Å²) in [6.07, 6.45) is 2.40. The Labute approximate surface area is 104 Å². The van der Waals surface area contributed by atoms with E-state index in [0.29, 0.717) is 4.90 Å². The maximum Gasteiger partial charge on any atom is 0.284 e. The molecule has 1 aliphatic heterocycles. The van der Waals surface area contributed by atoms with E-state index < -0.39 is 0 Å². The first kappa shape index (κ1) is 12.3. The molecule has 2 rings (SSSR count). The van der Waals surface area contributed by atoms with Crippen LogP contribution in [-0.2, 0) is 4.74 Å². The molecule has 1 heterocycles. The van der Waals surface area contributed by atoms with Gasteiger partial charge in [-0.25, -0.2) is 0 Å². The number of hydrogen-bond acceptors (Lipinski definition) is 5. The quantitative estimate of drug-likeness (QED) is 0.496. The van der Waals surface area contributed by atoms with Crippen molar-refractivity contribution in [3.8, 4) is 0 Å². The van der Waals surface area contributed by atoms with Gasteiger partial charge in [-0.3, -0.25) is 14.8 Å². The van der Waals surface area contributed by atoms with E-state index in [1.807, 2.05) is 0 Å². The maximum absolute atomic E-state index is 10.8. The second kappa shape index (κ2) is 6.00. The van der Waals surface area contributed by atoms with E-state index in [9.17, 15) is 10.1 Å². The number of para-hydroxylation sites is 1. The Morgan fingerprint density at radius 3 is 3.06 bits per heavy atom. The summed E-state index contributed by atoms with van der Waals surface area (Å²) in [5.74, 6) is 0. The lowest BCUT2D eigenvalue weighted by atomic mass is 10.2. The highest BCUT2D eigenvalue weighted by Gasteiger charge is 2.16. The van der Waals surface area contributed by atoms with Crippen LogP contribution in [0.5, 0.6) is 0 Å². The van der Waals surface area contributed by atoms with Crippen molar-refractivity contribution >= 4 is 17.6 Å². The Morgan fingerprint density at radius 1 is 1.53 bits per heavy atom. The fourth-order valence-electron chi connectivity index (χ4n) is 1.71. The number of rotatable bonds is 5. The van der Waals surface area contributed by atoms with Crippen LogP contribution in [0, 0.1) is 10.1 Å². The smallest absolute Gasteiger partial charge is 0.284 e. The van der Waals surface area contributed by atoms with Crippen molar-refractivity contribution in [2.45, 2.75) is 23.8 Å². The SMILES string of the molecule is O=[N+]([O-])c1ccccc1SNCC1CCCO1. The molecule has 0 saturated carbocycles. The lowest BCUT2D eigenvalue weighted by molar-refractivity contribution is -0.387. The largest absolute Gasteiger partial charge is 0.377 e. The minimum absolute atomic E-state index is 0.136. The molecule has 5 nitrogen and oxygen atoms in total. The Hall–Kier alpha value is -1.11. The predicted octanol–water partition coefficient (Wildman–Crippen LogP) is 2.37. The third-order valence-corrected chi connectivity index (χ3v) is 3.46. The van der Waals surface area contributed by atoms with Gasteiger partial charge in [0.25, 0.3) is 5.69 Å². The Bertz CT molecular complexity index is 394. The minimum atomic E-state index is -0.365. The molecule has 17 heavy (non-hydrogen) atoms. The Kier molecular flexibility index (Phi) is 4.36. The monoisotopic (exact) mass is 254 g/mol. The topological polar surface area (TPSA) is 64.4 Å². The molecule has 0 amide bonds. The highest BCUT2D eigenvalue weighted by Crippen LogP contribution is 2.26. The van der Waals surface area contributed by atoms with E-state index in [2.05, 4.69) is 4.72 Å². The molecule has 1 N–H and O–H groups in total. The minimum Gasteiger partial charge on any atom is -0.377 e. The normalized spacial score (nSPS) is 19.4. The number of benzene rings is 1. The lowest BCUT2D eigenvalue weighted by Gasteiger charge is -2.09. The zero-order chi connectivity index (χ0) is 12.1. The molecule has 1 fully saturated rings. The van der Waals surface area contributed by atoms with Crippen molar-refractivity contribution in [2.75, 3.05) is 13.2 Å². The molecule has 6 heteroatoms. The molecular formula is C11H14N2O3S. The Balaban J connectivity index is 1.87. The fourth-order valence-corrected chi connectivity index (χ4v) is 2.53. The summed E-state index contributed by atoms with van der Waals surface area (Å²) in [6, 6.07) is 6.72. The number of ether oxygens (including phenoxy) is 1. The van der Waals surface area contributed by atoms with Crippen LogP contribution >= 0.6 is 11.9 Å². The summed E-state index contributed by atoms with van der Waals surface area (Å²) in [6.45, 7) is 1.54. The molecule has 1 unspecified atom stereocenters. The summed E-state index contributed by atoms with van der Waals surface area (Å²) in [5, 5.41) is 10.8. The third kappa shape index (κ3) is 3.42. The van der Waals surface area contributed by atoms with Crippen LogP contribution in [0.1, 0.15) is 12.8 Å². The van der Waals surface area contributed by atoms with Crippen LogP contribution in [0.15, 0.2) is 29.2 Å². The van der Waals surface area contributed by atoms with Crippen LogP contribution < -0.4 is 4.72 Å². The number of nitro benzene ring substituents is 1. The molecule has 0 aromatic heterocycles. The molecule has 0 bridgehead atoms. The molecule has 0 radical (unpaired) electrons. The van der Waals surface area contributed by atoms with Gasteiger partial charge in [0.2, 0.25) is 0 Å². The van der Waals surface area contributed by atoms with Crippen molar-refractivity contribution in [3.63, 3.8) is 0 Å². The molecule has 92 valence electrons. The summed E-state index contributed by atoms with van der Waals surface area (Å²) in [7, 11) is 0. The summed E-state index contributed by atoms with van der Waals surface area (Å²) < 4.78 is 8.58. The van der Waals surface area contributed by atoms with Gasteiger partial charge in [0, 0.05) is 19.2 Å². The van der Waals surface area contributed by atoms with E-state index in [0.717, 1.165) is 26.0 Å². The summed E-state index contributed by atoms with van der Waals surface area (Å²) >= 11 is 1.29. The van der Waals surface area contributed by atoms with Gasteiger partial charge < -0.3 is 4.74 Å². The van der Waals surface area contributed by atoms with E-state index in [1.54, 1.807) is 18.2 Å². The first-order chi connectivity index (χ1) is 8.27. The summed E-state index contributed by atoms with van der Waals surface area (Å²) in [4.78, 5) is 11.1. The number of nitrogens with one attached hydrogen (secondary N) is 1. The molecule has 1 aromatic rings. The molecule has 0 aliphatic carbocycles. The van der Waals surface area contributed by atoms with Gasteiger partial charge in [0.05, 0.1) is 11.0 Å². The molecule has 1 atom stereocenters. The van der Waals surface area contributed by atoms with Crippen molar-refractivity contribution in [1.82, 2.24) is 4.72 Å².